The van der Waals surface area contributed by atoms with Crippen LogP contribution < -0.4 is 28.0 Å². The Kier molecular flexibility index (Phi) is 18.9. The second-order valence-corrected chi connectivity index (χ2v) is 34.0. The van der Waals surface area contributed by atoms with Gasteiger partial charge in [-0.05, 0) is 163 Å². The number of para-hydroxylation sites is 5. The fraction of sp³-hybridized carbons (Fsp3) is 0.0217. The van der Waals surface area contributed by atoms with Crippen LogP contribution in [0.5, 0.6) is 11.5 Å². The van der Waals surface area contributed by atoms with E-state index < -0.39 is 42.8 Å². The molecule has 114 heavy (non-hydrogen) atoms. The van der Waals surface area contributed by atoms with E-state index in [-0.39, 0.29) is 0 Å². The predicted molar refractivity (Wildman–Crippen MR) is 460 cm³/mol. The van der Waals surface area contributed by atoms with Crippen molar-refractivity contribution in [3.05, 3.63) is 352 Å². The Balaban J connectivity index is 0.000000159. The Hall–Kier alpha value is -12.5. The SMILES string of the molecule is O=S(=O)(Oc1cc(N(c2ccccc2)c2ccc3c(c2)sc2ccccc23)c2sc3ccc(N(c4ccccc4)c4ccccc4)cc3c2c1)C(F)(F)F.O=S(=O)(Oc1cc(N(c2ccccc2)c2cccc3c2sc2ccccc23)c2sc3ccc(N(c4ccccc4)c4cccc(-c5ccccc5)c4)cc3c2c1)C(F)(F)F. The van der Waals surface area contributed by atoms with E-state index in [1.807, 2.05) is 277 Å². The molecule has 0 saturated heterocycles. The molecule has 4 heterocycles. The summed E-state index contributed by atoms with van der Waals surface area (Å²) in [6.07, 6.45) is 0. The van der Waals surface area contributed by atoms with Crippen molar-refractivity contribution < 1.29 is 51.5 Å². The van der Waals surface area contributed by atoms with E-state index in [0.29, 0.717) is 22.1 Å². The molecule has 0 amide bonds. The molecule has 4 aromatic heterocycles. The third-order valence-corrected chi connectivity index (χ3v) is 26.2. The smallest absolute Gasteiger partial charge is 0.376 e. The molecule has 0 spiro atoms. The molecule has 0 unspecified atom stereocenters. The summed E-state index contributed by atoms with van der Waals surface area (Å²) in [6.45, 7) is 0. The first-order chi connectivity index (χ1) is 55.3. The lowest BCUT2D eigenvalue weighted by Crippen LogP contribution is -2.28. The highest BCUT2D eigenvalue weighted by Crippen LogP contribution is 2.54. The van der Waals surface area contributed by atoms with E-state index in [4.69, 9.17) is 8.37 Å². The van der Waals surface area contributed by atoms with Gasteiger partial charge in [-0.1, -0.05) is 188 Å². The molecule has 0 saturated carbocycles. The second-order valence-electron chi connectivity index (χ2n) is 26.6. The van der Waals surface area contributed by atoms with Crippen molar-refractivity contribution >= 4 is 215 Å². The number of halogens is 6. The van der Waals surface area contributed by atoms with Crippen LogP contribution in [0.4, 0.5) is 94.6 Å². The second kappa shape index (κ2) is 29.5. The van der Waals surface area contributed by atoms with Crippen molar-refractivity contribution in [3.63, 3.8) is 0 Å². The van der Waals surface area contributed by atoms with Crippen LogP contribution in [0.2, 0.25) is 0 Å². The zero-order chi connectivity index (χ0) is 78.0. The van der Waals surface area contributed by atoms with E-state index in [1.54, 1.807) is 22.7 Å². The monoisotopic (exact) mass is 1620 g/mol. The molecule has 0 aliphatic rings. The predicted octanol–water partition coefficient (Wildman–Crippen LogP) is 28.8. The molecular weight excluding hydrogens is 1560 g/mol. The molecule has 0 aliphatic heterocycles. The van der Waals surface area contributed by atoms with Gasteiger partial charge in [0, 0.05) is 130 Å². The number of nitrogens with zero attached hydrogens (tertiary/aromatic N) is 4. The van der Waals surface area contributed by atoms with Crippen molar-refractivity contribution in [1.29, 1.82) is 0 Å². The van der Waals surface area contributed by atoms with Crippen molar-refractivity contribution in [3.8, 4) is 22.6 Å². The number of benzene rings is 15. The zero-order valence-corrected chi connectivity index (χ0v) is 64.3. The molecule has 0 fully saturated rings. The molecule has 0 N–H and O–H groups in total. The number of alkyl halides is 6. The summed E-state index contributed by atoms with van der Waals surface area (Å²) in [5, 5.41) is 6.86. The van der Waals surface area contributed by atoms with Gasteiger partial charge in [0.25, 0.3) is 0 Å². The summed E-state index contributed by atoms with van der Waals surface area (Å²) in [6, 6.07) is 113. The van der Waals surface area contributed by atoms with Gasteiger partial charge >= 0.3 is 31.3 Å². The van der Waals surface area contributed by atoms with Crippen LogP contribution in [0.25, 0.3) is 91.8 Å². The van der Waals surface area contributed by atoms with Crippen molar-refractivity contribution in [2.24, 2.45) is 0 Å². The third kappa shape index (κ3) is 13.8. The minimum atomic E-state index is -6.02. The van der Waals surface area contributed by atoms with Gasteiger partial charge in [0.2, 0.25) is 0 Å². The first-order valence-corrected chi connectivity index (χ1v) is 41.8. The summed E-state index contributed by atoms with van der Waals surface area (Å²) in [5.74, 6) is -0.911. The molecule has 10 nitrogen and oxygen atoms in total. The maximum atomic E-state index is 14.0. The Bertz CT molecular complexity index is 7060. The molecule has 22 heteroatoms. The van der Waals surface area contributed by atoms with Crippen molar-refractivity contribution in [2.45, 2.75) is 11.0 Å². The highest BCUT2D eigenvalue weighted by Gasteiger charge is 2.50. The van der Waals surface area contributed by atoms with E-state index >= 15 is 0 Å². The summed E-state index contributed by atoms with van der Waals surface area (Å²) < 4.78 is 151. The van der Waals surface area contributed by atoms with Crippen LogP contribution >= 0.6 is 45.3 Å². The number of hydrogen-bond donors (Lipinski definition) is 0. The largest absolute Gasteiger partial charge is 0.534 e. The summed E-state index contributed by atoms with van der Waals surface area (Å²) in [7, 11) is -12.0. The average molecular weight is 1620 g/mol. The molecule has 15 aromatic carbocycles. The van der Waals surface area contributed by atoms with Crippen LogP contribution in [0.1, 0.15) is 0 Å². The molecule has 0 bridgehead atoms. The third-order valence-electron chi connectivity index (χ3n) is 19.5. The maximum absolute atomic E-state index is 14.0. The van der Waals surface area contributed by atoms with Crippen LogP contribution in [0, 0.1) is 0 Å². The standard InChI is InChI=1S/C49H31F3N2O3S3.C43H27F3N2O3S3/c50-49(51,52)60(55,56)57-38-30-42-41-29-37(53(34-17-6-2-7-18-34)36-21-12-16-33(28-36)32-14-4-1-5-15-32)26-27-46(41)59-48(42)44(31-38)54(35-19-8-3-9-20-35)43-24-13-23-40-39-22-10-11-25-45(39)58-47(40)43;44-43(45,46)54(49,50)51-33-26-37-36-24-31(47(28-12-4-1-5-13-28)29-14-6-2-7-15-29)21-23-40(36)53-42(37)38(27-33)48(30-16-8-3-9-17-30)32-20-22-35-34-18-10-11-19-39(34)52-41(35)25-32/h1-31H;1-27H. The average Bonchev–Trinajstić information content (AvgIpc) is 1.56. The Labute approximate surface area is 666 Å². The lowest BCUT2D eigenvalue weighted by molar-refractivity contribution is -0.0504. The molecule has 560 valence electrons. The van der Waals surface area contributed by atoms with Crippen LogP contribution in [-0.2, 0) is 20.2 Å². The minimum absolute atomic E-state index is 0.452. The van der Waals surface area contributed by atoms with E-state index in [0.717, 1.165) is 138 Å². The van der Waals surface area contributed by atoms with E-state index in [9.17, 15) is 43.2 Å². The van der Waals surface area contributed by atoms with Gasteiger partial charge in [0.15, 0.2) is 0 Å². The number of hydrogen-bond acceptors (Lipinski definition) is 14. The van der Waals surface area contributed by atoms with E-state index in [1.165, 1.54) is 46.9 Å². The number of thiophene rings is 4. The van der Waals surface area contributed by atoms with Gasteiger partial charge in [-0.15, -0.1) is 45.3 Å². The van der Waals surface area contributed by atoms with Crippen LogP contribution in [-0.4, -0.2) is 27.9 Å². The molecule has 19 aromatic rings. The van der Waals surface area contributed by atoms with Gasteiger partial charge in [0.1, 0.15) is 11.5 Å². The molecule has 0 aliphatic carbocycles. The fourth-order valence-corrected chi connectivity index (χ4v) is 20.1. The minimum Gasteiger partial charge on any atom is -0.376 e. The Morgan fingerprint density at radius 1 is 0.228 bits per heavy atom. The molecule has 0 atom stereocenters. The first-order valence-electron chi connectivity index (χ1n) is 35.7. The van der Waals surface area contributed by atoms with Crippen molar-refractivity contribution in [1.82, 2.24) is 0 Å². The highest BCUT2D eigenvalue weighted by molar-refractivity contribution is 7.88. The zero-order valence-electron chi connectivity index (χ0n) is 59.4. The molecule has 0 radical (unpaired) electrons. The van der Waals surface area contributed by atoms with Gasteiger partial charge in [0.05, 0.1) is 31.2 Å². The maximum Gasteiger partial charge on any atom is 0.534 e. The van der Waals surface area contributed by atoms with Gasteiger partial charge < -0.3 is 28.0 Å². The van der Waals surface area contributed by atoms with Crippen molar-refractivity contribution in [2.75, 3.05) is 19.6 Å². The lowest BCUT2D eigenvalue weighted by atomic mass is 10.0. The van der Waals surface area contributed by atoms with E-state index in [2.05, 4.69) is 70.5 Å². The molecular formula is C92H58F6N4O6S6. The summed E-state index contributed by atoms with van der Waals surface area (Å²) >= 11 is 6.21. The summed E-state index contributed by atoms with van der Waals surface area (Å²) in [5.41, 5.74) is -0.0208. The number of fused-ring (bicyclic) bond motifs is 12. The number of rotatable bonds is 17. The quantitative estimate of drug-likeness (QED) is 0.0498. The highest BCUT2D eigenvalue weighted by atomic mass is 32.2. The topological polar surface area (TPSA) is 99.7 Å². The van der Waals surface area contributed by atoms with Gasteiger partial charge in [-0.25, -0.2) is 0 Å². The summed E-state index contributed by atoms with van der Waals surface area (Å²) in [4.78, 5) is 8.14. The number of anilines is 12. The fourth-order valence-electron chi connectivity index (χ4n) is 14.5. The Morgan fingerprint density at radius 2 is 0.561 bits per heavy atom. The van der Waals surface area contributed by atoms with Gasteiger partial charge in [-0.2, -0.15) is 43.2 Å². The molecule has 19 rings (SSSR count). The normalized spacial score (nSPS) is 12.1. The lowest BCUT2D eigenvalue weighted by Gasteiger charge is -2.27. The van der Waals surface area contributed by atoms with Crippen LogP contribution in [0.3, 0.4) is 0 Å². The Morgan fingerprint density at radius 3 is 1.05 bits per heavy atom. The first kappa shape index (κ1) is 73.0. The van der Waals surface area contributed by atoms with Gasteiger partial charge in [-0.3, -0.25) is 0 Å². The van der Waals surface area contributed by atoms with Crippen LogP contribution in [0.15, 0.2) is 352 Å².